The number of hydrogen-bond donors (Lipinski definition) is 3. The number of carboxylic acids is 2. The summed E-state index contributed by atoms with van der Waals surface area (Å²) >= 11 is 0. The van der Waals surface area contributed by atoms with Gasteiger partial charge in [-0.05, 0) is 6.08 Å². The minimum absolute atomic E-state index is 0.587. The normalized spacial score (nSPS) is 11.7. The van der Waals surface area contributed by atoms with Crippen molar-refractivity contribution in [1.82, 2.24) is 5.32 Å². The van der Waals surface area contributed by atoms with Crippen molar-refractivity contribution in [3.05, 3.63) is 12.7 Å². The van der Waals surface area contributed by atoms with Crippen LogP contribution in [0, 0.1) is 0 Å². The van der Waals surface area contributed by atoms with Gasteiger partial charge in [0.15, 0.2) is 11.8 Å². The van der Waals surface area contributed by atoms with Gasteiger partial charge in [-0.2, -0.15) is 0 Å². The van der Waals surface area contributed by atoms with Gasteiger partial charge in [0.25, 0.3) is 0 Å². The molecule has 0 aromatic heterocycles. The molecule has 0 radical (unpaired) electrons. The zero-order valence-corrected chi connectivity index (χ0v) is 6.69. The lowest BCUT2D eigenvalue weighted by Gasteiger charge is -2.08. The van der Waals surface area contributed by atoms with E-state index in [1.54, 1.807) is 0 Å². The molecule has 0 bridgehead atoms. The lowest BCUT2D eigenvalue weighted by Crippen LogP contribution is -2.44. The Kier molecular flexibility index (Phi) is 4.39. The van der Waals surface area contributed by atoms with Gasteiger partial charge in [-0.1, -0.05) is 6.58 Å². The quantitative estimate of drug-likeness (QED) is 0.359. The molecule has 0 fully saturated rings. The summed E-state index contributed by atoms with van der Waals surface area (Å²) in [5.41, 5.74) is 0. The molecule has 1 atom stereocenters. The van der Waals surface area contributed by atoms with E-state index in [-0.39, 0.29) is 0 Å². The number of carboxylic acid groups (broad SMARTS) is 2. The molecular weight excluding hydrogens is 178 g/mol. The zero-order chi connectivity index (χ0) is 10.4. The molecule has 6 heteroatoms. The number of rotatable bonds is 6. The SMILES string of the molecule is C=CC(=O)C(NCC(=O)O)C(=O)O. The number of aliphatic carboxylic acids is 2. The van der Waals surface area contributed by atoms with Crippen molar-refractivity contribution >= 4 is 17.7 Å². The van der Waals surface area contributed by atoms with E-state index in [1.807, 2.05) is 5.32 Å². The Morgan fingerprint density at radius 1 is 1.38 bits per heavy atom. The zero-order valence-electron chi connectivity index (χ0n) is 6.69. The third-order valence-corrected chi connectivity index (χ3v) is 1.19. The molecule has 1 unspecified atom stereocenters. The minimum atomic E-state index is -1.53. The van der Waals surface area contributed by atoms with Gasteiger partial charge in [0.05, 0.1) is 6.54 Å². The Hall–Kier alpha value is -1.69. The summed E-state index contributed by atoms with van der Waals surface area (Å²) in [5, 5.41) is 18.7. The van der Waals surface area contributed by atoms with Crippen LogP contribution in [0.4, 0.5) is 0 Å². The van der Waals surface area contributed by atoms with E-state index in [9.17, 15) is 14.4 Å². The Labute approximate surface area is 73.9 Å². The second kappa shape index (κ2) is 5.04. The van der Waals surface area contributed by atoms with Gasteiger partial charge in [0, 0.05) is 0 Å². The number of ketones is 1. The van der Waals surface area contributed by atoms with Gasteiger partial charge in [0.2, 0.25) is 0 Å². The van der Waals surface area contributed by atoms with Crippen LogP contribution in [0.3, 0.4) is 0 Å². The van der Waals surface area contributed by atoms with Crippen LogP contribution in [0.1, 0.15) is 0 Å². The third kappa shape index (κ3) is 4.02. The second-order valence-electron chi connectivity index (χ2n) is 2.15. The molecular formula is C7H9NO5. The molecule has 0 rings (SSSR count). The van der Waals surface area contributed by atoms with Crippen molar-refractivity contribution in [3.8, 4) is 0 Å². The maximum absolute atomic E-state index is 10.8. The Morgan fingerprint density at radius 2 is 1.92 bits per heavy atom. The van der Waals surface area contributed by atoms with Crippen molar-refractivity contribution in [3.63, 3.8) is 0 Å². The van der Waals surface area contributed by atoms with Crippen LogP contribution in [0.25, 0.3) is 0 Å². The topological polar surface area (TPSA) is 104 Å². The molecule has 3 N–H and O–H groups in total. The van der Waals surface area contributed by atoms with Gasteiger partial charge in [0.1, 0.15) is 0 Å². The van der Waals surface area contributed by atoms with E-state index in [4.69, 9.17) is 10.2 Å². The number of hydrogen-bond acceptors (Lipinski definition) is 4. The van der Waals surface area contributed by atoms with Gasteiger partial charge in [-0.25, -0.2) is 0 Å². The monoisotopic (exact) mass is 187 g/mol. The van der Waals surface area contributed by atoms with Crippen molar-refractivity contribution in [2.24, 2.45) is 0 Å². The Balaban J connectivity index is 4.26. The average Bonchev–Trinajstić information content (AvgIpc) is 2.03. The van der Waals surface area contributed by atoms with Gasteiger partial charge >= 0.3 is 11.9 Å². The van der Waals surface area contributed by atoms with E-state index in [0.717, 1.165) is 6.08 Å². The summed E-state index contributed by atoms with van der Waals surface area (Å²) in [6.07, 6.45) is 0.827. The van der Waals surface area contributed by atoms with Crippen LogP contribution >= 0.6 is 0 Å². The van der Waals surface area contributed by atoms with Crippen LogP contribution in [0.5, 0.6) is 0 Å². The maximum atomic E-state index is 10.8. The summed E-state index contributed by atoms with van der Waals surface area (Å²) in [5.74, 6) is -3.43. The lowest BCUT2D eigenvalue weighted by atomic mass is 10.2. The number of carbonyl (C=O) groups is 3. The molecule has 0 aliphatic rings. The van der Waals surface area contributed by atoms with E-state index in [2.05, 4.69) is 6.58 Å². The van der Waals surface area contributed by atoms with Gasteiger partial charge < -0.3 is 10.2 Å². The minimum Gasteiger partial charge on any atom is -0.480 e. The molecule has 0 aliphatic heterocycles. The first-order valence-electron chi connectivity index (χ1n) is 3.33. The summed E-state index contributed by atoms with van der Waals surface area (Å²) in [6, 6.07) is -1.53. The Bertz CT molecular complexity index is 247. The molecule has 0 saturated heterocycles. The van der Waals surface area contributed by atoms with E-state index in [1.165, 1.54) is 0 Å². The first kappa shape index (κ1) is 11.3. The molecule has 0 heterocycles. The van der Waals surface area contributed by atoms with Crippen molar-refractivity contribution < 1.29 is 24.6 Å². The second-order valence-corrected chi connectivity index (χ2v) is 2.15. The summed E-state index contributed by atoms with van der Waals surface area (Å²) in [4.78, 5) is 31.2. The highest BCUT2D eigenvalue weighted by molar-refractivity contribution is 6.08. The van der Waals surface area contributed by atoms with E-state index >= 15 is 0 Å². The molecule has 0 saturated carbocycles. The fourth-order valence-electron chi connectivity index (χ4n) is 0.617. The standard InChI is InChI=1S/C7H9NO5/c1-2-4(9)6(7(12)13)8-3-5(10)11/h2,6,8H,1,3H2,(H,10,11)(H,12,13). The number of carbonyl (C=O) groups excluding carboxylic acids is 1. The maximum Gasteiger partial charge on any atom is 0.328 e. The number of nitrogens with one attached hydrogen (secondary N) is 1. The van der Waals surface area contributed by atoms with Crippen LogP contribution in [0.15, 0.2) is 12.7 Å². The van der Waals surface area contributed by atoms with Gasteiger partial charge in [-0.3, -0.25) is 19.7 Å². The molecule has 6 nitrogen and oxygen atoms in total. The van der Waals surface area contributed by atoms with Gasteiger partial charge in [-0.15, -0.1) is 0 Å². The highest BCUT2D eigenvalue weighted by atomic mass is 16.4. The molecule has 13 heavy (non-hydrogen) atoms. The molecule has 0 aromatic rings. The van der Waals surface area contributed by atoms with E-state index in [0.29, 0.717) is 0 Å². The molecule has 0 amide bonds. The predicted octanol–water partition coefficient (Wildman–Crippen LogP) is -1.13. The van der Waals surface area contributed by atoms with Crippen molar-refractivity contribution in [1.29, 1.82) is 0 Å². The summed E-state index contributed by atoms with van der Waals surface area (Å²) in [6.45, 7) is 2.50. The molecule has 0 aliphatic carbocycles. The predicted molar refractivity (Wildman–Crippen MR) is 42.3 cm³/mol. The Morgan fingerprint density at radius 3 is 2.23 bits per heavy atom. The molecule has 0 spiro atoms. The summed E-state index contributed by atoms with van der Waals surface area (Å²) in [7, 11) is 0. The third-order valence-electron chi connectivity index (χ3n) is 1.19. The van der Waals surface area contributed by atoms with Crippen LogP contribution in [-0.2, 0) is 14.4 Å². The fourth-order valence-corrected chi connectivity index (χ4v) is 0.617. The highest BCUT2D eigenvalue weighted by Crippen LogP contribution is 1.87. The average molecular weight is 187 g/mol. The van der Waals surface area contributed by atoms with Crippen molar-refractivity contribution in [2.45, 2.75) is 6.04 Å². The fraction of sp³-hybridized carbons (Fsp3) is 0.286. The lowest BCUT2D eigenvalue weighted by molar-refractivity contribution is -0.142. The summed E-state index contributed by atoms with van der Waals surface area (Å²) < 4.78 is 0. The van der Waals surface area contributed by atoms with Crippen LogP contribution in [0.2, 0.25) is 0 Å². The van der Waals surface area contributed by atoms with Crippen LogP contribution in [-0.4, -0.2) is 40.5 Å². The van der Waals surface area contributed by atoms with E-state index < -0.39 is 30.3 Å². The highest BCUT2D eigenvalue weighted by Gasteiger charge is 2.23. The first-order valence-corrected chi connectivity index (χ1v) is 3.33. The van der Waals surface area contributed by atoms with Crippen LogP contribution < -0.4 is 5.32 Å². The van der Waals surface area contributed by atoms with Crippen molar-refractivity contribution in [2.75, 3.05) is 6.54 Å². The molecule has 72 valence electrons. The largest absolute Gasteiger partial charge is 0.480 e. The smallest absolute Gasteiger partial charge is 0.328 e. The molecule has 0 aromatic carbocycles. The first-order chi connectivity index (χ1) is 5.99.